The summed E-state index contributed by atoms with van der Waals surface area (Å²) in [5.41, 5.74) is 6.35. The van der Waals surface area contributed by atoms with Crippen molar-refractivity contribution in [1.82, 2.24) is 25.1 Å². The third-order valence-corrected chi connectivity index (χ3v) is 8.27. The molecule has 1 aromatic carbocycles. The minimum Gasteiger partial charge on any atom is -0.347 e. The summed E-state index contributed by atoms with van der Waals surface area (Å²) in [5.74, 6) is 2.13. The Morgan fingerprint density at radius 3 is 3.03 bits per heavy atom. The van der Waals surface area contributed by atoms with Crippen molar-refractivity contribution in [2.24, 2.45) is 13.0 Å². The Bertz CT molecular complexity index is 1420. The normalized spacial score (nSPS) is 18.3. The highest BCUT2D eigenvalue weighted by molar-refractivity contribution is 7.14. The monoisotopic (exact) mass is 488 g/mol. The van der Waals surface area contributed by atoms with Crippen molar-refractivity contribution < 1.29 is 7.65 Å². The number of anilines is 2. The minimum absolute atomic E-state index is 0. The third kappa shape index (κ3) is 4.58. The lowest BCUT2D eigenvalue weighted by Gasteiger charge is -2.10. The number of aromatic nitrogens is 4. The molecule has 2 aliphatic rings. The van der Waals surface area contributed by atoms with Crippen molar-refractivity contribution >= 4 is 28.9 Å². The van der Waals surface area contributed by atoms with Crippen molar-refractivity contribution in [3.05, 3.63) is 75.4 Å². The molecule has 7 nitrogen and oxygen atoms in total. The standard InChI is InChI=1S/C27H28N6OS.2H2/c1-16-10-18(23-8-9-28-27(32-23)31-20-14-30-33(2)15-20)6-7-19(16)13-29-26(34)25-12-22-21-11-17(21)4-3-5-24(22)35-25;;/h6-10,12,14-15,17,21H,3-5,11,13H2,1-2H3,(H,29,34)(H,28,31,32);2*1H. The van der Waals surface area contributed by atoms with E-state index in [0.29, 0.717) is 18.4 Å². The molecule has 0 saturated heterocycles. The first kappa shape index (κ1) is 22.0. The van der Waals surface area contributed by atoms with Crippen LogP contribution in [0.2, 0.25) is 0 Å². The molecular weight excluding hydrogens is 456 g/mol. The first-order chi connectivity index (χ1) is 17.0. The summed E-state index contributed by atoms with van der Waals surface area (Å²) >= 11 is 1.69. The van der Waals surface area contributed by atoms with Gasteiger partial charge in [-0.3, -0.25) is 9.48 Å². The summed E-state index contributed by atoms with van der Waals surface area (Å²) in [6, 6.07) is 10.3. The highest BCUT2D eigenvalue weighted by atomic mass is 32.1. The van der Waals surface area contributed by atoms with Gasteiger partial charge in [0.2, 0.25) is 5.95 Å². The molecule has 3 aromatic heterocycles. The van der Waals surface area contributed by atoms with Gasteiger partial charge < -0.3 is 10.6 Å². The number of benzene rings is 1. The van der Waals surface area contributed by atoms with Crippen LogP contribution in [0.25, 0.3) is 11.3 Å². The molecular formula is C27H32N6OS. The van der Waals surface area contributed by atoms with Gasteiger partial charge >= 0.3 is 0 Å². The van der Waals surface area contributed by atoms with E-state index in [9.17, 15) is 4.79 Å². The Balaban J connectivity index is 0.00000160. The Morgan fingerprint density at radius 2 is 2.20 bits per heavy atom. The van der Waals surface area contributed by atoms with Gasteiger partial charge in [0.25, 0.3) is 5.91 Å². The van der Waals surface area contributed by atoms with Crippen LogP contribution in [-0.4, -0.2) is 25.7 Å². The van der Waals surface area contributed by atoms with E-state index < -0.39 is 0 Å². The Hall–Kier alpha value is -3.52. The Kier molecular flexibility index (Phi) is 5.60. The van der Waals surface area contributed by atoms with Crippen LogP contribution in [0.3, 0.4) is 0 Å². The van der Waals surface area contributed by atoms with Crippen molar-refractivity contribution in [2.75, 3.05) is 5.32 Å². The molecule has 1 fully saturated rings. The molecule has 2 N–H and O–H groups in total. The number of aryl methyl sites for hydroxylation is 3. The predicted molar refractivity (Wildman–Crippen MR) is 142 cm³/mol. The number of fused-ring (bicyclic) bond motifs is 3. The number of nitrogens with one attached hydrogen (secondary N) is 2. The summed E-state index contributed by atoms with van der Waals surface area (Å²) in [7, 11) is 1.87. The van der Waals surface area contributed by atoms with E-state index in [1.807, 2.05) is 25.4 Å². The van der Waals surface area contributed by atoms with Crippen LogP contribution < -0.4 is 10.6 Å². The maximum absolute atomic E-state index is 12.9. The summed E-state index contributed by atoms with van der Waals surface area (Å²) in [4.78, 5) is 24.2. The van der Waals surface area contributed by atoms with E-state index >= 15 is 0 Å². The number of amides is 1. The SMILES string of the molecule is Cc1cc(-c2ccnc(Nc3cnn(C)c3)n2)ccc1CNC(=O)c1cc2c(s1)CCCC1CC21.[HH].[HH]. The van der Waals surface area contributed by atoms with Crippen LogP contribution in [0.1, 0.15) is 59.3 Å². The van der Waals surface area contributed by atoms with E-state index in [4.69, 9.17) is 0 Å². The lowest BCUT2D eigenvalue weighted by Crippen LogP contribution is -2.22. The molecule has 1 amide bonds. The summed E-state index contributed by atoms with van der Waals surface area (Å²) in [5, 5.41) is 10.5. The molecule has 2 atom stereocenters. The fraction of sp³-hybridized carbons (Fsp3) is 0.333. The molecule has 35 heavy (non-hydrogen) atoms. The number of carbonyl (C=O) groups is 1. The van der Waals surface area contributed by atoms with Crippen molar-refractivity contribution in [3.8, 4) is 11.3 Å². The number of nitrogens with zero attached hydrogens (tertiary/aromatic N) is 4. The molecule has 2 unspecified atom stereocenters. The fourth-order valence-electron chi connectivity index (χ4n) is 5.05. The van der Waals surface area contributed by atoms with Crippen LogP contribution in [-0.2, 0) is 20.0 Å². The van der Waals surface area contributed by atoms with Crippen molar-refractivity contribution in [2.45, 2.75) is 45.1 Å². The fourth-order valence-corrected chi connectivity index (χ4v) is 6.24. The summed E-state index contributed by atoms with van der Waals surface area (Å²) < 4.78 is 1.73. The van der Waals surface area contributed by atoms with Gasteiger partial charge in [-0.15, -0.1) is 11.3 Å². The topological polar surface area (TPSA) is 84.7 Å². The van der Waals surface area contributed by atoms with E-state index in [0.717, 1.165) is 45.3 Å². The molecule has 0 bridgehead atoms. The third-order valence-electron chi connectivity index (χ3n) is 7.06. The maximum Gasteiger partial charge on any atom is 0.261 e. The summed E-state index contributed by atoms with van der Waals surface area (Å²) in [6.45, 7) is 2.58. The Labute approximate surface area is 211 Å². The first-order valence-corrected chi connectivity index (χ1v) is 12.9. The molecule has 4 aromatic rings. The van der Waals surface area contributed by atoms with Crippen LogP contribution >= 0.6 is 11.3 Å². The smallest absolute Gasteiger partial charge is 0.261 e. The van der Waals surface area contributed by atoms with E-state index in [1.54, 1.807) is 28.4 Å². The molecule has 182 valence electrons. The highest BCUT2D eigenvalue weighted by Gasteiger charge is 2.41. The second-order valence-corrected chi connectivity index (χ2v) is 10.7. The number of thiophene rings is 1. The molecule has 0 aliphatic heterocycles. The largest absolute Gasteiger partial charge is 0.347 e. The van der Waals surface area contributed by atoms with E-state index in [-0.39, 0.29) is 8.76 Å². The van der Waals surface area contributed by atoms with Gasteiger partial charge in [-0.05, 0) is 79.3 Å². The number of carbonyl (C=O) groups excluding carboxylic acids is 1. The number of hydrogen-bond acceptors (Lipinski definition) is 6. The van der Waals surface area contributed by atoms with Gasteiger partial charge in [0, 0.05) is 39.3 Å². The summed E-state index contributed by atoms with van der Waals surface area (Å²) in [6.07, 6.45) is 10.4. The average Bonchev–Trinajstić information content (AvgIpc) is 3.36. The zero-order valence-corrected chi connectivity index (χ0v) is 20.7. The van der Waals surface area contributed by atoms with Gasteiger partial charge in [0.1, 0.15) is 0 Å². The van der Waals surface area contributed by atoms with E-state index in [1.165, 1.54) is 29.7 Å². The molecule has 2 aliphatic carbocycles. The molecule has 0 spiro atoms. The van der Waals surface area contributed by atoms with Gasteiger partial charge in [-0.1, -0.05) is 12.1 Å². The van der Waals surface area contributed by atoms with Crippen LogP contribution in [0, 0.1) is 12.8 Å². The zero-order valence-electron chi connectivity index (χ0n) is 19.9. The maximum atomic E-state index is 12.9. The predicted octanol–water partition coefficient (Wildman–Crippen LogP) is 5.85. The molecule has 3 heterocycles. The first-order valence-electron chi connectivity index (χ1n) is 12.1. The quantitative estimate of drug-likeness (QED) is 0.355. The lowest BCUT2D eigenvalue weighted by molar-refractivity contribution is 0.0955. The van der Waals surface area contributed by atoms with Gasteiger partial charge in [0.15, 0.2) is 0 Å². The van der Waals surface area contributed by atoms with E-state index in [2.05, 4.69) is 50.8 Å². The number of hydrogen-bond donors (Lipinski definition) is 2. The van der Waals surface area contributed by atoms with Crippen LogP contribution in [0.5, 0.6) is 0 Å². The second-order valence-electron chi connectivity index (χ2n) is 9.60. The Morgan fingerprint density at radius 1 is 1.29 bits per heavy atom. The van der Waals surface area contributed by atoms with Crippen LogP contribution in [0.4, 0.5) is 11.6 Å². The van der Waals surface area contributed by atoms with Gasteiger partial charge in [-0.2, -0.15) is 5.10 Å². The van der Waals surface area contributed by atoms with Crippen LogP contribution in [0.15, 0.2) is 48.9 Å². The molecule has 8 heteroatoms. The van der Waals surface area contributed by atoms with Crippen molar-refractivity contribution in [3.63, 3.8) is 0 Å². The zero-order chi connectivity index (χ0) is 23.9. The highest BCUT2D eigenvalue weighted by Crippen LogP contribution is 2.54. The number of rotatable bonds is 6. The second kappa shape index (κ2) is 8.92. The van der Waals surface area contributed by atoms with Crippen molar-refractivity contribution in [1.29, 1.82) is 0 Å². The molecule has 6 rings (SSSR count). The lowest BCUT2D eigenvalue weighted by atomic mass is 10.0. The van der Waals surface area contributed by atoms with Gasteiger partial charge in [-0.25, -0.2) is 9.97 Å². The van der Waals surface area contributed by atoms with Gasteiger partial charge in [0.05, 0.1) is 22.5 Å². The molecule has 1 saturated carbocycles. The minimum atomic E-state index is 0. The average molecular weight is 489 g/mol. The molecule has 0 radical (unpaired) electrons.